The number of amides is 3. The number of hydrogen-bond donors (Lipinski definition) is 5. The molecule has 204 valence electrons. The minimum absolute atomic E-state index is 0.0837. The van der Waals surface area contributed by atoms with Gasteiger partial charge < -0.3 is 41.0 Å². The number of carbonyl (C=O) groups excluding carboxylic acids is 3. The van der Waals surface area contributed by atoms with Gasteiger partial charge in [-0.25, -0.2) is 19.7 Å². The number of fused-ring (bicyclic) bond motifs is 1. The third-order valence-electron chi connectivity index (χ3n) is 7.53. The topological polar surface area (TPSA) is 207 Å². The number of nitrogens with two attached hydrogens (primary N) is 1. The van der Waals surface area contributed by atoms with Crippen LogP contribution in [-0.4, -0.2) is 103 Å². The van der Waals surface area contributed by atoms with Gasteiger partial charge in [0.1, 0.15) is 23.5 Å². The molecule has 38 heavy (non-hydrogen) atoms. The van der Waals surface area contributed by atoms with Gasteiger partial charge in [0.15, 0.2) is 29.9 Å². The maximum Gasteiger partial charge on any atom is 0.410 e. The summed E-state index contributed by atoms with van der Waals surface area (Å²) < 4.78 is 12.5. The first-order valence-corrected chi connectivity index (χ1v) is 12.8. The van der Waals surface area contributed by atoms with Crippen LogP contribution in [0.15, 0.2) is 6.33 Å². The Balaban J connectivity index is 1.12. The molecule has 15 heteroatoms. The third kappa shape index (κ3) is 4.61. The van der Waals surface area contributed by atoms with E-state index in [4.69, 9.17) is 15.2 Å². The van der Waals surface area contributed by atoms with Crippen molar-refractivity contribution in [1.29, 1.82) is 0 Å². The minimum atomic E-state index is -1.41. The standard InChI is InChI=1S/C23H30N8O7/c24-18-14-19(31(9-26-14)22-16(33)15(32)17(38-22)21(35)27-11-1-2-11)29-13(28-18)7-10-3-5-30(6-4-10)23(36)37-12-8-25-20(12)34/h9-12,15-17,22,32-33H,1-8H2,(H,25,34)(H,27,35)(H2,24,28,29)/t12?,15?,16?,17-,22+/m0/s1. The zero-order valence-corrected chi connectivity index (χ0v) is 20.5. The fourth-order valence-electron chi connectivity index (χ4n) is 5.02. The molecule has 5 heterocycles. The van der Waals surface area contributed by atoms with E-state index in [1.165, 1.54) is 10.9 Å². The van der Waals surface area contributed by atoms with Crippen LogP contribution in [0.4, 0.5) is 10.6 Å². The summed E-state index contributed by atoms with van der Waals surface area (Å²) in [6.45, 7) is 1.31. The molecule has 3 aliphatic heterocycles. The SMILES string of the molecule is Nc1nc(CC2CCN(C(=O)OC3CNC3=O)CC2)nc2c1ncn2[C@@H]1O[C@H](C(=O)NC2CC2)C(O)C1O. The largest absolute Gasteiger partial charge is 0.434 e. The Bertz CT molecular complexity index is 1260. The first kappa shape index (κ1) is 24.8. The Labute approximate surface area is 216 Å². The summed E-state index contributed by atoms with van der Waals surface area (Å²) in [7, 11) is 0. The lowest BCUT2D eigenvalue weighted by molar-refractivity contribution is -0.138. The van der Waals surface area contributed by atoms with E-state index >= 15 is 0 Å². The van der Waals surface area contributed by atoms with Crippen LogP contribution >= 0.6 is 0 Å². The van der Waals surface area contributed by atoms with Gasteiger partial charge in [-0.05, 0) is 31.6 Å². The maximum atomic E-state index is 12.5. The minimum Gasteiger partial charge on any atom is -0.434 e. The van der Waals surface area contributed by atoms with Crippen molar-refractivity contribution in [3.8, 4) is 0 Å². The number of piperidine rings is 1. The third-order valence-corrected chi connectivity index (χ3v) is 7.53. The number of likely N-dealkylation sites (tertiary alicyclic amines) is 1. The molecule has 4 aliphatic rings. The molecule has 3 unspecified atom stereocenters. The van der Waals surface area contributed by atoms with Crippen LogP contribution in [-0.2, 0) is 25.5 Å². The van der Waals surface area contributed by atoms with Gasteiger partial charge in [0.25, 0.3) is 11.8 Å². The average molecular weight is 531 g/mol. The first-order chi connectivity index (χ1) is 18.3. The summed E-state index contributed by atoms with van der Waals surface area (Å²) in [4.78, 5) is 51.0. The Hall–Kier alpha value is -3.56. The Morgan fingerprint density at radius 2 is 1.95 bits per heavy atom. The van der Waals surface area contributed by atoms with E-state index in [0.717, 1.165) is 12.8 Å². The molecule has 3 saturated heterocycles. The first-order valence-electron chi connectivity index (χ1n) is 12.8. The van der Waals surface area contributed by atoms with Crippen LogP contribution in [0.1, 0.15) is 37.7 Å². The normalized spacial score (nSPS) is 29.7. The average Bonchev–Trinajstić information content (AvgIpc) is 3.54. The molecule has 15 nitrogen and oxygen atoms in total. The van der Waals surface area contributed by atoms with Crippen LogP contribution < -0.4 is 16.4 Å². The van der Waals surface area contributed by atoms with E-state index in [9.17, 15) is 24.6 Å². The number of nitrogen functional groups attached to an aromatic ring is 1. The van der Waals surface area contributed by atoms with Gasteiger partial charge in [0.2, 0.25) is 0 Å². The van der Waals surface area contributed by atoms with Crippen LogP contribution in [0.3, 0.4) is 0 Å². The highest BCUT2D eigenvalue weighted by Gasteiger charge is 2.48. The second kappa shape index (κ2) is 9.63. The molecule has 6 N–H and O–H groups in total. The molecule has 5 atom stereocenters. The van der Waals surface area contributed by atoms with E-state index in [2.05, 4.69) is 25.6 Å². The molecule has 0 aromatic carbocycles. The predicted molar refractivity (Wildman–Crippen MR) is 128 cm³/mol. The van der Waals surface area contributed by atoms with E-state index < -0.39 is 42.6 Å². The number of carbonyl (C=O) groups is 3. The summed E-state index contributed by atoms with van der Waals surface area (Å²) in [6.07, 6.45) is -1.24. The van der Waals surface area contributed by atoms with Crippen molar-refractivity contribution in [1.82, 2.24) is 35.1 Å². The molecule has 2 aromatic heterocycles. The summed E-state index contributed by atoms with van der Waals surface area (Å²) in [5.41, 5.74) is 6.81. The fourth-order valence-corrected chi connectivity index (χ4v) is 5.02. The number of imidazole rings is 1. The highest BCUT2D eigenvalue weighted by atomic mass is 16.6. The lowest BCUT2D eigenvalue weighted by atomic mass is 9.93. The number of ether oxygens (including phenoxy) is 2. The molecule has 3 amide bonds. The molecule has 0 bridgehead atoms. The molecule has 1 aliphatic carbocycles. The van der Waals surface area contributed by atoms with E-state index in [-0.39, 0.29) is 23.7 Å². The van der Waals surface area contributed by atoms with Gasteiger partial charge in [-0.2, -0.15) is 0 Å². The monoisotopic (exact) mass is 530 g/mol. The van der Waals surface area contributed by atoms with E-state index in [1.807, 2.05) is 0 Å². The van der Waals surface area contributed by atoms with Gasteiger partial charge >= 0.3 is 6.09 Å². The predicted octanol–water partition coefficient (Wildman–Crippen LogP) is -1.80. The smallest absolute Gasteiger partial charge is 0.410 e. The van der Waals surface area contributed by atoms with Crippen molar-refractivity contribution in [2.75, 3.05) is 25.4 Å². The highest BCUT2D eigenvalue weighted by molar-refractivity contribution is 5.88. The fraction of sp³-hybridized carbons (Fsp3) is 0.652. The zero-order valence-electron chi connectivity index (χ0n) is 20.5. The van der Waals surface area contributed by atoms with Gasteiger partial charge in [-0.15, -0.1) is 0 Å². The number of aromatic nitrogens is 4. The molecular weight excluding hydrogens is 500 g/mol. The number of nitrogens with zero attached hydrogens (tertiary/aromatic N) is 5. The van der Waals surface area contributed by atoms with Crippen LogP contribution in [0.25, 0.3) is 11.2 Å². The lowest BCUT2D eigenvalue weighted by Crippen LogP contribution is -2.56. The van der Waals surface area contributed by atoms with E-state index in [0.29, 0.717) is 55.9 Å². The Morgan fingerprint density at radius 1 is 1.18 bits per heavy atom. The van der Waals surface area contributed by atoms with Gasteiger partial charge in [0.05, 0.1) is 12.9 Å². The quantitative estimate of drug-likeness (QED) is 0.263. The Morgan fingerprint density at radius 3 is 2.61 bits per heavy atom. The van der Waals surface area contributed by atoms with Gasteiger partial charge in [-0.1, -0.05) is 0 Å². The highest BCUT2D eigenvalue weighted by Crippen LogP contribution is 2.33. The maximum absolute atomic E-state index is 12.5. The zero-order chi connectivity index (χ0) is 26.6. The molecule has 6 rings (SSSR count). The van der Waals surface area contributed by atoms with Crippen molar-refractivity contribution in [2.24, 2.45) is 5.92 Å². The van der Waals surface area contributed by atoms with Crippen molar-refractivity contribution in [3.63, 3.8) is 0 Å². The van der Waals surface area contributed by atoms with Crippen LogP contribution in [0.2, 0.25) is 0 Å². The molecule has 1 saturated carbocycles. The number of anilines is 1. The summed E-state index contributed by atoms with van der Waals surface area (Å²) in [5.74, 6) is 0.0798. The second-order valence-corrected chi connectivity index (χ2v) is 10.3. The lowest BCUT2D eigenvalue weighted by Gasteiger charge is -2.33. The van der Waals surface area contributed by atoms with Crippen LogP contribution in [0.5, 0.6) is 0 Å². The van der Waals surface area contributed by atoms with Gasteiger partial charge in [-0.3, -0.25) is 14.2 Å². The molecule has 4 fully saturated rings. The number of β-lactam (4-membered cyclic amide) rings is 1. The number of hydrogen-bond acceptors (Lipinski definition) is 11. The van der Waals surface area contributed by atoms with E-state index in [1.54, 1.807) is 4.90 Å². The second-order valence-electron chi connectivity index (χ2n) is 10.3. The molecular formula is C23H30N8O7. The van der Waals surface area contributed by atoms with Crippen LogP contribution in [0, 0.1) is 5.92 Å². The summed E-state index contributed by atoms with van der Waals surface area (Å²) in [6, 6.07) is 0.0837. The van der Waals surface area contributed by atoms with Crippen molar-refractivity contribution in [3.05, 3.63) is 12.2 Å². The summed E-state index contributed by atoms with van der Waals surface area (Å²) in [5, 5.41) is 26.5. The molecule has 0 spiro atoms. The van der Waals surface area contributed by atoms with Gasteiger partial charge in [0, 0.05) is 25.6 Å². The van der Waals surface area contributed by atoms with Crippen molar-refractivity contribution in [2.45, 2.75) is 68.8 Å². The number of aliphatic hydroxyl groups excluding tert-OH is 2. The number of rotatable bonds is 6. The van der Waals surface area contributed by atoms with Crippen molar-refractivity contribution >= 4 is 34.9 Å². The van der Waals surface area contributed by atoms with Crippen molar-refractivity contribution < 1.29 is 34.1 Å². The summed E-state index contributed by atoms with van der Waals surface area (Å²) >= 11 is 0. The Kier molecular flexibility index (Phi) is 6.28. The molecule has 0 radical (unpaired) electrons. The molecule has 2 aromatic rings. The number of nitrogens with one attached hydrogen (secondary N) is 2. The number of aliphatic hydroxyl groups is 2.